The van der Waals surface area contributed by atoms with Gasteiger partial charge in [0.2, 0.25) is 11.0 Å². The Morgan fingerprint density at radius 1 is 1.18 bits per heavy atom. The quantitative estimate of drug-likeness (QED) is 0.471. The molecule has 0 bridgehead atoms. The summed E-state index contributed by atoms with van der Waals surface area (Å²) in [4.78, 5) is 13.1. The summed E-state index contributed by atoms with van der Waals surface area (Å²) in [6.45, 7) is 2.55. The molecule has 0 aliphatic carbocycles. The highest BCUT2D eigenvalue weighted by atomic mass is 32.1. The van der Waals surface area contributed by atoms with Gasteiger partial charge in [-0.3, -0.25) is 0 Å². The van der Waals surface area contributed by atoms with Gasteiger partial charge in [0.15, 0.2) is 5.69 Å². The molecule has 0 radical (unpaired) electrons. The Balaban J connectivity index is 1.59. The molecule has 0 saturated carbocycles. The van der Waals surface area contributed by atoms with E-state index >= 15 is 0 Å². The van der Waals surface area contributed by atoms with Crippen LogP contribution in [0.5, 0.6) is 17.4 Å². The third-order valence-electron chi connectivity index (χ3n) is 3.91. The fourth-order valence-electron chi connectivity index (χ4n) is 2.61. The number of methoxy groups -OCH3 is 1. The third-order valence-corrected chi connectivity index (χ3v) is 4.83. The van der Waals surface area contributed by atoms with Crippen molar-refractivity contribution in [3.8, 4) is 28.9 Å². The van der Waals surface area contributed by atoms with Gasteiger partial charge in [0.25, 0.3) is 0 Å². The van der Waals surface area contributed by atoms with Gasteiger partial charge in [-0.2, -0.15) is 0 Å². The summed E-state index contributed by atoms with van der Waals surface area (Å²) in [6, 6.07) is 12.9. The molecule has 0 amide bonds. The van der Waals surface area contributed by atoms with Gasteiger partial charge in [-0.25, -0.2) is 15.0 Å². The number of hydrogen-bond donors (Lipinski definition) is 1. The summed E-state index contributed by atoms with van der Waals surface area (Å²) >= 11 is 1.42. The first-order valence-corrected chi connectivity index (χ1v) is 9.39. The van der Waals surface area contributed by atoms with Gasteiger partial charge in [0, 0.05) is 5.56 Å². The zero-order valence-electron chi connectivity index (χ0n) is 15.2. The first-order chi connectivity index (χ1) is 13.7. The van der Waals surface area contributed by atoms with E-state index in [4.69, 9.17) is 13.9 Å². The van der Waals surface area contributed by atoms with Crippen molar-refractivity contribution in [3.05, 3.63) is 48.2 Å². The van der Waals surface area contributed by atoms with Crippen LogP contribution in [0.15, 0.2) is 51.9 Å². The van der Waals surface area contributed by atoms with Crippen molar-refractivity contribution in [2.45, 2.75) is 6.92 Å². The number of fused-ring (bicyclic) bond motifs is 1. The number of nitrogens with zero attached hydrogens (tertiary/aromatic N) is 3. The lowest BCUT2D eigenvalue weighted by molar-refractivity contribution is 0.336. The van der Waals surface area contributed by atoms with E-state index in [0.29, 0.717) is 23.1 Å². The molecule has 0 atom stereocenters. The Kier molecular flexibility index (Phi) is 4.94. The molecule has 8 heteroatoms. The van der Waals surface area contributed by atoms with Gasteiger partial charge in [-0.15, -0.1) is 0 Å². The molecule has 28 heavy (non-hydrogen) atoms. The Labute approximate surface area is 164 Å². The maximum atomic E-state index is 10.0. The summed E-state index contributed by atoms with van der Waals surface area (Å²) in [6.07, 6.45) is 1.43. The molecule has 2 aromatic carbocycles. The monoisotopic (exact) mass is 395 g/mol. The number of oxazole rings is 1. The highest BCUT2D eigenvalue weighted by Gasteiger charge is 2.13. The maximum absolute atomic E-state index is 10.0. The zero-order valence-corrected chi connectivity index (χ0v) is 16.1. The molecule has 7 nitrogen and oxygen atoms in total. The predicted molar refractivity (Wildman–Crippen MR) is 108 cm³/mol. The van der Waals surface area contributed by atoms with Crippen LogP contribution in [0.25, 0.3) is 21.7 Å². The summed E-state index contributed by atoms with van der Waals surface area (Å²) in [7, 11) is 1.58. The van der Waals surface area contributed by atoms with Crippen LogP contribution in [0.1, 0.15) is 12.6 Å². The molecular weight excluding hydrogens is 378 g/mol. The van der Waals surface area contributed by atoms with Crippen LogP contribution in [-0.4, -0.2) is 35.0 Å². The number of rotatable bonds is 6. The predicted octanol–water partition coefficient (Wildman–Crippen LogP) is 4.81. The number of aliphatic imine (C=N–C) groups is 1. The van der Waals surface area contributed by atoms with Crippen molar-refractivity contribution >= 4 is 32.9 Å². The van der Waals surface area contributed by atoms with Crippen molar-refractivity contribution in [2.75, 3.05) is 13.7 Å². The van der Waals surface area contributed by atoms with Gasteiger partial charge in [-0.05, 0) is 43.3 Å². The number of aromatic nitrogens is 2. The van der Waals surface area contributed by atoms with Crippen molar-refractivity contribution in [1.82, 2.24) is 9.97 Å². The fourth-order valence-corrected chi connectivity index (χ4v) is 3.45. The van der Waals surface area contributed by atoms with Gasteiger partial charge >= 0.3 is 5.95 Å². The van der Waals surface area contributed by atoms with E-state index < -0.39 is 0 Å². The zero-order chi connectivity index (χ0) is 19.5. The molecule has 4 aromatic rings. The lowest BCUT2D eigenvalue weighted by atomic mass is 10.2. The summed E-state index contributed by atoms with van der Waals surface area (Å²) in [5, 5.41) is 10.6. The van der Waals surface area contributed by atoms with E-state index in [9.17, 15) is 5.11 Å². The standard InChI is InChI=1S/C20H17N3O4S/c1-3-26-14-7-8-15-17(10-14)28-20(23-15)21-11-16-19(24)27-18(22-16)12-5-4-6-13(9-12)25-2/h4-11,24H,3H2,1-2H3. The third kappa shape index (κ3) is 3.67. The molecule has 142 valence electrons. The summed E-state index contributed by atoms with van der Waals surface area (Å²) in [5.41, 5.74) is 1.76. The van der Waals surface area contributed by atoms with Crippen molar-refractivity contribution in [3.63, 3.8) is 0 Å². The van der Waals surface area contributed by atoms with Crippen molar-refractivity contribution in [2.24, 2.45) is 4.99 Å². The summed E-state index contributed by atoms with van der Waals surface area (Å²) in [5.74, 6) is 1.45. The van der Waals surface area contributed by atoms with E-state index in [1.807, 2.05) is 43.3 Å². The average molecular weight is 395 g/mol. The molecule has 2 aromatic heterocycles. The molecule has 2 heterocycles. The number of hydrogen-bond acceptors (Lipinski definition) is 8. The number of thiazole rings is 1. The number of aromatic hydroxyl groups is 1. The van der Waals surface area contributed by atoms with E-state index in [-0.39, 0.29) is 17.5 Å². The van der Waals surface area contributed by atoms with E-state index in [2.05, 4.69) is 15.0 Å². The summed E-state index contributed by atoms with van der Waals surface area (Å²) < 4.78 is 17.0. The molecule has 0 saturated heterocycles. The lowest BCUT2D eigenvalue weighted by Crippen LogP contribution is -1.89. The molecule has 0 aliphatic heterocycles. The van der Waals surface area contributed by atoms with E-state index in [1.165, 1.54) is 17.6 Å². The molecule has 0 spiro atoms. The van der Waals surface area contributed by atoms with Crippen LogP contribution in [-0.2, 0) is 0 Å². The molecule has 4 rings (SSSR count). The lowest BCUT2D eigenvalue weighted by Gasteiger charge is -2.00. The molecule has 1 N–H and O–H groups in total. The Morgan fingerprint density at radius 2 is 2.07 bits per heavy atom. The molecule has 0 fully saturated rings. The van der Waals surface area contributed by atoms with Crippen molar-refractivity contribution in [1.29, 1.82) is 0 Å². The first-order valence-electron chi connectivity index (χ1n) is 8.58. The first kappa shape index (κ1) is 18.0. The second-order valence-electron chi connectivity index (χ2n) is 5.76. The minimum atomic E-state index is -0.304. The number of ether oxygens (including phenoxy) is 2. The van der Waals surface area contributed by atoms with Gasteiger partial charge in [-0.1, -0.05) is 17.4 Å². The minimum absolute atomic E-state index is 0.229. The van der Waals surface area contributed by atoms with Gasteiger partial charge < -0.3 is 19.0 Å². The topological polar surface area (TPSA) is 90.0 Å². The normalized spacial score (nSPS) is 11.4. The van der Waals surface area contributed by atoms with Gasteiger partial charge in [0.05, 0.1) is 30.1 Å². The molecular formula is C20H17N3O4S. The van der Waals surface area contributed by atoms with E-state index in [0.717, 1.165) is 16.0 Å². The van der Waals surface area contributed by atoms with Crippen LogP contribution in [0.4, 0.5) is 5.13 Å². The fraction of sp³-hybridized carbons (Fsp3) is 0.150. The van der Waals surface area contributed by atoms with Crippen LogP contribution in [0.2, 0.25) is 0 Å². The average Bonchev–Trinajstić information content (AvgIpc) is 3.29. The van der Waals surface area contributed by atoms with Crippen LogP contribution >= 0.6 is 11.3 Å². The minimum Gasteiger partial charge on any atom is -0.497 e. The Morgan fingerprint density at radius 3 is 2.89 bits per heavy atom. The largest absolute Gasteiger partial charge is 0.497 e. The highest BCUT2D eigenvalue weighted by Crippen LogP contribution is 2.32. The van der Waals surface area contributed by atoms with Gasteiger partial charge in [0.1, 0.15) is 11.5 Å². The van der Waals surface area contributed by atoms with Crippen LogP contribution in [0.3, 0.4) is 0 Å². The van der Waals surface area contributed by atoms with Crippen molar-refractivity contribution < 1.29 is 19.0 Å². The second kappa shape index (κ2) is 7.69. The van der Waals surface area contributed by atoms with Crippen LogP contribution < -0.4 is 9.47 Å². The maximum Gasteiger partial charge on any atom is 0.312 e. The molecule has 0 aliphatic rings. The van der Waals surface area contributed by atoms with E-state index in [1.54, 1.807) is 13.2 Å². The number of benzene rings is 2. The second-order valence-corrected chi connectivity index (χ2v) is 6.77. The molecule has 0 unspecified atom stereocenters. The smallest absolute Gasteiger partial charge is 0.312 e. The van der Waals surface area contributed by atoms with Crippen LogP contribution in [0, 0.1) is 0 Å². The Hall–Kier alpha value is -3.39. The SMILES string of the molecule is CCOc1ccc2nc(N=Cc3nc(-c4cccc(OC)c4)oc3O)sc2c1. The highest BCUT2D eigenvalue weighted by molar-refractivity contribution is 7.22. The Bertz CT molecular complexity index is 1150.